The number of nitrogens with two attached hydrogens (primary N) is 1. The van der Waals surface area contributed by atoms with E-state index in [2.05, 4.69) is 19.1 Å². The van der Waals surface area contributed by atoms with Gasteiger partial charge in [-0.2, -0.15) is 0 Å². The Bertz CT molecular complexity index is 389. The summed E-state index contributed by atoms with van der Waals surface area (Å²) in [5.74, 6) is 0. The Morgan fingerprint density at radius 1 is 1.27 bits per heavy atom. The van der Waals surface area contributed by atoms with Crippen LogP contribution >= 0.6 is 11.3 Å². The number of hydrogen-bond donors (Lipinski definition) is 1. The summed E-state index contributed by atoms with van der Waals surface area (Å²) < 4.78 is 1.32. The topological polar surface area (TPSA) is 26.0 Å². The van der Waals surface area contributed by atoms with Crippen molar-refractivity contribution in [2.24, 2.45) is 0 Å². The number of nitrogen functional groups attached to an aromatic ring is 1. The van der Waals surface area contributed by atoms with Crippen molar-refractivity contribution >= 4 is 27.1 Å². The molecule has 0 unspecified atom stereocenters. The third-order valence-corrected chi connectivity index (χ3v) is 2.70. The van der Waals surface area contributed by atoms with Gasteiger partial charge in [-0.3, -0.25) is 0 Å². The summed E-state index contributed by atoms with van der Waals surface area (Å²) in [6, 6.07) is 8.19. The third kappa shape index (κ3) is 1.10. The molecule has 2 rings (SSSR count). The van der Waals surface area contributed by atoms with Crippen LogP contribution in [0, 0.1) is 6.92 Å². The Labute approximate surface area is 69.5 Å². The van der Waals surface area contributed by atoms with Crippen LogP contribution in [0.15, 0.2) is 24.3 Å². The lowest BCUT2D eigenvalue weighted by atomic mass is 10.2. The molecule has 2 aromatic rings. The second kappa shape index (κ2) is 2.24. The summed E-state index contributed by atoms with van der Waals surface area (Å²) in [5, 5.41) is 1.26. The van der Waals surface area contributed by atoms with Gasteiger partial charge in [-0.1, -0.05) is 0 Å². The van der Waals surface area contributed by atoms with Crippen molar-refractivity contribution in [3.05, 3.63) is 29.1 Å². The Hall–Kier alpha value is -1.02. The molecular formula is C9H9NS. The first-order valence-corrected chi connectivity index (χ1v) is 4.33. The molecule has 0 aliphatic rings. The van der Waals surface area contributed by atoms with Crippen LogP contribution in [0.2, 0.25) is 0 Å². The predicted octanol–water partition coefficient (Wildman–Crippen LogP) is 2.79. The van der Waals surface area contributed by atoms with Crippen molar-refractivity contribution in [2.45, 2.75) is 6.92 Å². The molecule has 0 atom stereocenters. The summed E-state index contributed by atoms with van der Waals surface area (Å²) in [5.41, 5.74) is 6.48. The molecular weight excluding hydrogens is 154 g/mol. The summed E-state index contributed by atoms with van der Waals surface area (Å²) in [6.07, 6.45) is 0. The van der Waals surface area contributed by atoms with Crippen molar-refractivity contribution in [3.63, 3.8) is 0 Å². The minimum atomic E-state index is 0.843. The summed E-state index contributed by atoms with van der Waals surface area (Å²) in [6.45, 7) is 2.11. The largest absolute Gasteiger partial charge is 0.399 e. The van der Waals surface area contributed by atoms with Gasteiger partial charge >= 0.3 is 0 Å². The van der Waals surface area contributed by atoms with Gasteiger partial charge in [-0.25, -0.2) is 0 Å². The first-order valence-electron chi connectivity index (χ1n) is 3.51. The van der Waals surface area contributed by atoms with Crippen LogP contribution in [0.1, 0.15) is 4.88 Å². The van der Waals surface area contributed by atoms with E-state index in [1.807, 2.05) is 12.1 Å². The van der Waals surface area contributed by atoms with E-state index in [-0.39, 0.29) is 0 Å². The Kier molecular flexibility index (Phi) is 1.36. The first kappa shape index (κ1) is 6.68. The highest BCUT2D eigenvalue weighted by molar-refractivity contribution is 7.19. The molecule has 2 heteroatoms. The average Bonchev–Trinajstić information content (AvgIpc) is 2.27. The Morgan fingerprint density at radius 2 is 2.09 bits per heavy atom. The highest BCUT2D eigenvalue weighted by Gasteiger charge is 1.96. The van der Waals surface area contributed by atoms with Crippen LogP contribution in [0.3, 0.4) is 0 Å². The van der Waals surface area contributed by atoms with Crippen LogP contribution in [-0.2, 0) is 0 Å². The van der Waals surface area contributed by atoms with Gasteiger partial charge in [-0.05, 0) is 36.6 Å². The monoisotopic (exact) mass is 163 g/mol. The number of thiophene rings is 1. The molecule has 0 saturated carbocycles. The quantitative estimate of drug-likeness (QED) is 0.594. The van der Waals surface area contributed by atoms with E-state index in [0.29, 0.717) is 0 Å². The highest BCUT2D eigenvalue weighted by atomic mass is 32.1. The van der Waals surface area contributed by atoms with Crippen LogP contribution in [0.5, 0.6) is 0 Å². The van der Waals surface area contributed by atoms with Gasteiger partial charge in [0.25, 0.3) is 0 Å². The molecule has 0 aliphatic heterocycles. The maximum atomic E-state index is 5.64. The zero-order valence-corrected chi connectivity index (χ0v) is 7.11. The number of anilines is 1. The Balaban J connectivity index is 2.82. The van der Waals surface area contributed by atoms with Crippen molar-refractivity contribution < 1.29 is 0 Å². The summed E-state index contributed by atoms with van der Waals surface area (Å²) >= 11 is 1.81. The zero-order chi connectivity index (χ0) is 7.84. The van der Waals surface area contributed by atoms with E-state index in [0.717, 1.165) is 5.69 Å². The lowest BCUT2D eigenvalue weighted by molar-refractivity contribution is 1.65. The third-order valence-electron chi connectivity index (χ3n) is 1.66. The fraction of sp³-hybridized carbons (Fsp3) is 0.111. The molecule has 1 aromatic carbocycles. The molecule has 0 aliphatic carbocycles. The SMILES string of the molecule is Cc1cc2cc(N)ccc2s1. The fourth-order valence-corrected chi connectivity index (χ4v) is 2.10. The van der Waals surface area contributed by atoms with Gasteiger partial charge in [0.15, 0.2) is 0 Å². The van der Waals surface area contributed by atoms with E-state index >= 15 is 0 Å². The zero-order valence-electron chi connectivity index (χ0n) is 6.29. The first-order chi connectivity index (χ1) is 5.25. The van der Waals surface area contributed by atoms with E-state index in [1.54, 1.807) is 11.3 Å². The van der Waals surface area contributed by atoms with Gasteiger partial charge in [-0.15, -0.1) is 11.3 Å². The van der Waals surface area contributed by atoms with Gasteiger partial charge in [0.2, 0.25) is 0 Å². The molecule has 56 valence electrons. The standard InChI is InChI=1S/C9H9NS/c1-6-4-7-5-8(10)2-3-9(7)11-6/h2-5H,10H2,1H3. The minimum absolute atomic E-state index is 0.843. The molecule has 0 saturated heterocycles. The van der Waals surface area contributed by atoms with E-state index in [4.69, 9.17) is 5.73 Å². The number of fused-ring (bicyclic) bond motifs is 1. The molecule has 1 nitrogen and oxygen atoms in total. The van der Waals surface area contributed by atoms with E-state index < -0.39 is 0 Å². The number of rotatable bonds is 0. The maximum absolute atomic E-state index is 5.64. The van der Waals surface area contributed by atoms with Gasteiger partial charge in [0.1, 0.15) is 0 Å². The van der Waals surface area contributed by atoms with Crippen LogP contribution in [0.4, 0.5) is 5.69 Å². The average molecular weight is 163 g/mol. The number of hydrogen-bond acceptors (Lipinski definition) is 2. The van der Waals surface area contributed by atoms with E-state index in [9.17, 15) is 0 Å². The van der Waals surface area contributed by atoms with Crippen molar-refractivity contribution in [2.75, 3.05) is 5.73 Å². The summed E-state index contributed by atoms with van der Waals surface area (Å²) in [4.78, 5) is 1.34. The lowest BCUT2D eigenvalue weighted by Crippen LogP contribution is -1.80. The van der Waals surface area contributed by atoms with Crippen molar-refractivity contribution in [1.29, 1.82) is 0 Å². The molecule has 11 heavy (non-hydrogen) atoms. The number of aryl methyl sites for hydroxylation is 1. The van der Waals surface area contributed by atoms with Gasteiger partial charge in [0, 0.05) is 15.3 Å². The van der Waals surface area contributed by atoms with Crippen molar-refractivity contribution in [3.8, 4) is 0 Å². The molecule has 1 heterocycles. The summed E-state index contributed by atoms with van der Waals surface area (Å²) in [7, 11) is 0. The second-order valence-corrected chi connectivity index (χ2v) is 3.94. The normalized spacial score (nSPS) is 10.6. The van der Waals surface area contributed by atoms with E-state index in [1.165, 1.54) is 15.0 Å². The second-order valence-electron chi connectivity index (χ2n) is 2.65. The van der Waals surface area contributed by atoms with Crippen LogP contribution in [-0.4, -0.2) is 0 Å². The molecule has 1 aromatic heterocycles. The highest BCUT2D eigenvalue weighted by Crippen LogP contribution is 2.26. The molecule has 0 amide bonds. The van der Waals surface area contributed by atoms with Crippen molar-refractivity contribution in [1.82, 2.24) is 0 Å². The van der Waals surface area contributed by atoms with Crippen LogP contribution < -0.4 is 5.73 Å². The molecule has 0 bridgehead atoms. The molecule has 0 fully saturated rings. The minimum Gasteiger partial charge on any atom is -0.399 e. The van der Waals surface area contributed by atoms with Gasteiger partial charge in [0.05, 0.1) is 0 Å². The molecule has 2 N–H and O–H groups in total. The fourth-order valence-electron chi connectivity index (χ4n) is 1.19. The molecule has 0 spiro atoms. The predicted molar refractivity (Wildman–Crippen MR) is 51.0 cm³/mol. The smallest absolute Gasteiger partial charge is 0.0347 e. The number of benzene rings is 1. The lowest BCUT2D eigenvalue weighted by Gasteiger charge is -1.90. The van der Waals surface area contributed by atoms with Gasteiger partial charge < -0.3 is 5.73 Å². The van der Waals surface area contributed by atoms with Crippen LogP contribution in [0.25, 0.3) is 10.1 Å². The Morgan fingerprint density at radius 3 is 2.91 bits per heavy atom. The molecule has 0 radical (unpaired) electrons. The maximum Gasteiger partial charge on any atom is 0.0347 e.